The van der Waals surface area contributed by atoms with E-state index in [0.29, 0.717) is 33.2 Å². The molecule has 8 nitrogen and oxygen atoms in total. The molecule has 0 spiro atoms. The van der Waals surface area contributed by atoms with Crippen molar-refractivity contribution in [2.45, 2.75) is 10.9 Å². The summed E-state index contributed by atoms with van der Waals surface area (Å²) in [4.78, 5) is 12.2. The molecule has 0 aliphatic carbocycles. The van der Waals surface area contributed by atoms with Crippen molar-refractivity contribution in [2.24, 2.45) is 0 Å². The minimum atomic E-state index is -0.146. The number of hydrogen-bond acceptors (Lipinski definition) is 9. The minimum Gasteiger partial charge on any atom is -0.493 e. The molecular formula is C17H18N4O4S2. The van der Waals surface area contributed by atoms with Gasteiger partial charge in [-0.3, -0.25) is 4.79 Å². The summed E-state index contributed by atoms with van der Waals surface area (Å²) < 4.78 is 16.4. The van der Waals surface area contributed by atoms with E-state index < -0.39 is 0 Å². The fourth-order valence-electron chi connectivity index (χ4n) is 2.15. The molecule has 1 aromatic carbocycles. The van der Waals surface area contributed by atoms with Gasteiger partial charge in [-0.2, -0.15) is 0 Å². The summed E-state index contributed by atoms with van der Waals surface area (Å²) in [5.74, 6) is 2.05. The predicted octanol–water partition coefficient (Wildman–Crippen LogP) is 3.49. The number of benzene rings is 1. The Morgan fingerprint density at radius 2 is 2.07 bits per heavy atom. The number of methoxy groups -OCH3 is 2. The Bertz CT molecular complexity index is 883. The lowest BCUT2D eigenvalue weighted by atomic mass is 10.2. The number of carbonyl (C=O) groups excluding carboxylic acids is 1. The van der Waals surface area contributed by atoms with Crippen LogP contribution in [0, 0.1) is 0 Å². The fraction of sp³-hybridized carbons (Fsp3) is 0.235. The molecule has 0 fully saturated rings. The van der Waals surface area contributed by atoms with Crippen LogP contribution in [0.3, 0.4) is 0 Å². The molecule has 0 bridgehead atoms. The molecule has 10 heteroatoms. The number of ether oxygens (including phenoxy) is 2. The van der Waals surface area contributed by atoms with Gasteiger partial charge in [-0.1, -0.05) is 23.1 Å². The van der Waals surface area contributed by atoms with Gasteiger partial charge in [0.25, 0.3) is 0 Å². The maximum atomic E-state index is 12.2. The second-order valence-corrected chi connectivity index (χ2v) is 7.41. The Morgan fingerprint density at radius 3 is 2.81 bits per heavy atom. The molecule has 1 amide bonds. The van der Waals surface area contributed by atoms with Crippen molar-refractivity contribution in [1.82, 2.24) is 10.2 Å². The molecule has 142 valence electrons. The van der Waals surface area contributed by atoms with Gasteiger partial charge in [0.15, 0.2) is 15.8 Å². The highest BCUT2D eigenvalue weighted by atomic mass is 32.2. The van der Waals surface area contributed by atoms with Crippen LogP contribution in [0.1, 0.15) is 5.76 Å². The molecule has 0 unspecified atom stereocenters. The normalized spacial score (nSPS) is 10.4. The van der Waals surface area contributed by atoms with Crippen molar-refractivity contribution in [1.29, 1.82) is 0 Å². The number of aromatic nitrogens is 2. The molecule has 2 N–H and O–H groups in total. The number of furan rings is 1. The van der Waals surface area contributed by atoms with Crippen molar-refractivity contribution in [3.05, 3.63) is 42.4 Å². The number of nitrogens with one attached hydrogen (secondary N) is 2. The predicted molar refractivity (Wildman–Crippen MR) is 105 cm³/mol. The van der Waals surface area contributed by atoms with Gasteiger partial charge in [-0.15, -0.1) is 10.2 Å². The first-order valence-electron chi connectivity index (χ1n) is 7.92. The first-order chi connectivity index (χ1) is 13.2. The van der Waals surface area contributed by atoms with E-state index in [0.717, 1.165) is 5.76 Å². The average molecular weight is 406 g/mol. The number of nitrogens with zero attached hydrogens (tertiary/aromatic N) is 2. The van der Waals surface area contributed by atoms with Crippen LogP contribution in [-0.2, 0) is 11.3 Å². The number of thioether (sulfide) groups is 1. The zero-order chi connectivity index (χ0) is 19.1. The standard InChI is InChI=1S/C17H18N4O4S2/c1-23-13-6-5-11(8-14(13)24-2)19-15(22)10-26-17-21-20-16(27-17)18-9-12-4-3-7-25-12/h3-8H,9-10H2,1-2H3,(H,18,20)(H,19,22). The van der Waals surface area contributed by atoms with Gasteiger partial charge in [-0.25, -0.2) is 0 Å². The van der Waals surface area contributed by atoms with Crippen LogP contribution < -0.4 is 20.1 Å². The van der Waals surface area contributed by atoms with Gasteiger partial charge in [0, 0.05) is 11.8 Å². The van der Waals surface area contributed by atoms with E-state index in [-0.39, 0.29) is 11.7 Å². The summed E-state index contributed by atoms with van der Waals surface area (Å²) in [5, 5.41) is 14.7. The number of hydrogen-bond donors (Lipinski definition) is 2. The van der Waals surface area contributed by atoms with Crippen LogP contribution in [0.15, 0.2) is 45.4 Å². The van der Waals surface area contributed by atoms with Crippen molar-refractivity contribution >= 4 is 39.8 Å². The minimum absolute atomic E-state index is 0.146. The third-order valence-corrected chi connectivity index (χ3v) is 5.41. The van der Waals surface area contributed by atoms with Crippen LogP contribution in [0.5, 0.6) is 11.5 Å². The van der Waals surface area contributed by atoms with E-state index in [1.54, 1.807) is 38.7 Å². The molecule has 0 saturated heterocycles. The largest absolute Gasteiger partial charge is 0.493 e. The number of carbonyl (C=O) groups is 1. The maximum Gasteiger partial charge on any atom is 0.234 e. The van der Waals surface area contributed by atoms with E-state index in [1.165, 1.54) is 23.1 Å². The van der Waals surface area contributed by atoms with Crippen molar-refractivity contribution in [3.63, 3.8) is 0 Å². The van der Waals surface area contributed by atoms with Crippen LogP contribution >= 0.6 is 23.1 Å². The lowest BCUT2D eigenvalue weighted by molar-refractivity contribution is -0.113. The Balaban J connectivity index is 1.48. The molecule has 3 aromatic rings. The zero-order valence-electron chi connectivity index (χ0n) is 14.7. The van der Waals surface area contributed by atoms with Gasteiger partial charge < -0.3 is 24.5 Å². The van der Waals surface area contributed by atoms with E-state index in [9.17, 15) is 4.79 Å². The Labute approximate surface area is 164 Å². The fourth-order valence-corrected chi connectivity index (χ4v) is 3.70. The smallest absolute Gasteiger partial charge is 0.234 e. The quantitative estimate of drug-likeness (QED) is 0.521. The lowest BCUT2D eigenvalue weighted by Gasteiger charge is -2.10. The van der Waals surface area contributed by atoms with Gasteiger partial charge in [0.1, 0.15) is 5.76 Å². The molecular weight excluding hydrogens is 388 g/mol. The Morgan fingerprint density at radius 1 is 1.22 bits per heavy atom. The molecule has 0 atom stereocenters. The highest BCUT2D eigenvalue weighted by molar-refractivity contribution is 8.01. The van der Waals surface area contributed by atoms with Gasteiger partial charge >= 0.3 is 0 Å². The maximum absolute atomic E-state index is 12.2. The van der Waals surface area contributed by atoms with Crippen LogP contribution in [0.4, 0.5) is 10.8 Å². The zero-order valence-corrected chi connectivity index (χ0v) is 16.4. The van der Waals surface area contributed by atoms with Gasteiger partial charge in [-0.05, 0) is 24.3 Å². The van der Waals surface area contributed by atoms with Gasteiger partial charge in [0.2, 0.25) is 11.0 Å². The Kier molecular flexibility index (Phi) is 6.55. The highest BCUT2D eigenvalue weighted by Crippen LogP contribution is 2.30. The van der Waals surface area contributed by atoms with Crippen LogP contribution in [0.25, 0.3) is 0 Å². The van der Waals surface area contributed by atoms with Crippen molar-refractivity contribution in [2.75, 3.05) is 30.6 Å². The third-order valence-electron chi connectivity index (χ3n) is 3.39. The summed E-state index contributed by atoms with van der Waals surface area (Å²) in [7, 11) is 3.11. The lowest BCUT2D eigenvalue weighted by Crippen LogP contribution is -2.14. The summed E-state index contributed by atoms with van der Waals surface area (Å²) in [5.41, 5.74) is 0.635. The first-order valence-corrected chi connectivity index (χ1v) is 9.72. The third kappa shape index (κ3) is 5.38. The van der Waals surface area contributed by atoms with E-state index in [4.69, 9.17) is 13.9 Å². The second-order valence-electron chi connectivity index (χ2n) is 5.21. The summed E-state index contributed by atoms with van der Waals surface area (Å²) in [6.07, 6.45) is 1.62. The summed E-state index contributed by atoms with van der Waals surface area (Å²) in [6.45, 7) is 0.534. The highest BCUT2D eigenvalue weighted by Gasteiger charge is 2.10. The first kappa shape index (κ1) is 19.1. The summed E-state index contributed by atoms with van der Waals surface area (Å²) in [6, 6.07) is 8.91. The van der Waals surface area contributed by atoms with Crippen LogP contribution in [-0.4, -0.2) is 36.1 Å². The molecule has 3 rings (SSSR count). The molecule has 0 saturated carbocycles. The second kappa shape index (κ2) is 9.28. The molecule has 2 aromatic heterocycles. The molecule has 2 heterocycles. The topological polar surface area (TPSA) is 98.5 Å². The van der Waals surface area contributed by atoms with E-state index >= 15 is 0 Å². The molecule has 0 radical (unpaired) electrons. The average Bonchev–Trinajstić information content (AvgIpc) is 3.36. The molecule has 27 heavy (non-hydrogen) atoms. The number of amides is 1. The van der Waals surface area contributed by atoms with Crippen molar-refractivity contribution in [3.8, 4) is 11.5 Å². The molecule has 0 aliphatic rings. The van der Waals surface area contributed by atoms with Crippen molar-refractivity contribution < 1.29 is 18.7 Å². The Hall–Kier alpha value is -2.72. The van der Waals surface area contributed by atoms with Gasteiger partial charge in [0.05, 0.1) is 32.8 Å². The van der Waals surface area contributed by atoms with E-state index in [1.807, 2.05) is 12.1 Å². The number of rotatable bonds is 9. The number of anilines is 2. The molecule has 0 aliphatic heterocycles. The van der Waals surface area contributed by atoms with Crippen LogP contribution in [0.2, 0.25) is 0 Å². The SMILES string of the molecule is COc1ccc(NC(=O)CSc2nnc(NCc3ccco3)s2)cc1OC. The monoisotopic (exact) mass is 406 g/mol. The van der Waals surface area contributed by atoms with E-state index in [2.05, 4.69) is 20.8 Å². The summed E-state index contributed by atoms with van der Waals surface area (Å²) >= 11 is 2.71.